The van der Waals surface area contributed by atoms with Gasteiger partial charge in [0, 0.05) is 0 Å². The number of fused-ring (bicyclic) bond motifs is 2. The van der Waals surface area contributed by atoms with Crippen LogP contribution in [0.4, 0.5) is 5.13 Å². The Balaban J connectivity index is 1.75. The molecule has 2 aromatic heterocycles. The van der Waals surface area contributed by atoms with Gasteiger partial charge in [-0.1, -0.05) is 48.3 Å². The number of rotatable bonds is 6. The summed E-state index contributed by atoms with van der Waals surface area (Å²) >= 11 is 1.02. The molecule has 0 N–H and O–H groups in total. The van der Waals surface area contributed by atoms with E-state index in [1.165, 1.54) is 12.0 Å². The van der Waals surface area contributed by atoms with Gasteiger partial charge < -0.3 is 13.9 Å². The number of carbonyl (C=O) groups excluding carboxylic acids is 2. The number of aromatic nitrogens is 1. The Morgan fingerprint density at radius 2 is 2.03 bits per heavy atom. The number of anilines is 1. The fraction of sp³-hybridized carbons (Fsp3) is 0.154. The van der Waals surface area contributed by atoms with Gasteiger partial charge in [0.05, 0.1) is 29.8 Å². The monoisotopic (exact) mass is 488 g/mol. The van der Waals surface area contributed by atoms with Crippen LogP contribution in [0.15, 0.2) is 70.4 Å². The number of carbonyl (C=O) groups is 2. The second-order valence-electron chi connectivity index (χ2n) is 7.82. The highest BCUT2D eigenvalue weighted by Crippen LogP contribution is 2.43. The van der Waals surface area contributed by atoms with Crippen molar-refractivity contribution in [3.8, 4) is 5.75 Å². The summed E-state index contributed by atoms with van der Waals surface area (Å²) in [6, 6.07) is 13.1. The average molecular weight is 489 g/mol. The van der Waals surface area contributed by atoms with E-state index in [0.29, 0.717) is 34.6 Å². The van der Waals surface area contributed by atoms with Crippen molar-refractivity contribution in [1.82, 2.24) is 4.98 Å². The molecule has 2 aromatic carbocycles. The molecule has 1 aliphatic rings. The van der Waals surface area contributed by atoms with Crippen LogP contribution >= 0.6 is 11.3 Å². The zero-order valence-electron chi connectivity index (χ0n) is 18.9. The summed E-state index contributed by atoms with van der Waals surface area (Å²) in [6.45, 7) is 5.63. The van der Waals surface area contributed by atoms with Crippen LogP contribution in [-0.4, -0.2) is 30.6 Å². The lowest BCUT2D eigenvalue weighted by Gasteiger charge is -2.23. The quantitative estimate of drug-likeness (QED) is 0.288. The van der Waals surface area contributed by atoms with E-state index in [1.807, 2.05) is 0 Å². The Kier molecular flexibility index (Phi) is 5.70. The highest BCUT2D eigenvalue weighted by atomic mass is 32.1. The maximum absolute atomic E-state index is 13.7. The van der Waals surface area contributed by atoms with E-state index in [0.717, 1.165) is 11.3 Å². The summed E-state index contributed by atoms with van der Waals surface area (Å²) in [7, 11) is 1.28. The molecule has 5 rings (SSSR count). The van der Waals surface area contributed by atoms with Crippen LogP contribution in [0.3, 0.4) is 0 Å². The van der Waals surface area contributed by atoms with Crippen LogP contribution in [0.1, 0.15) is 43.1 Å². The maximum Gasteiger partial charge on any atom is 0.350 e. The molecule has 0 spiro atoms. The highest BCUT2D eigenvalue weighted by molar-refractivity contribution is 7.17. The lowest BCUT2D eigenvalue weighted by molar-refractivity contribution is 0.0605. The van der Waals surface area contributed by atoms with E-state index in [4.69, 9.17) is 13.9 Å². The van der Waals surface area contributed by atoms with Crippen molar-refractivity contribution in [3.05, 3.63) is 98.9 Å². The second-order valence-corrected chi connectivity index (χ2v) is 8.80. The van der Waals surface area contributed by atoms with E-state index in [1.54, 1.807) is 61.5 Å². The van der Waals surface area contributed by atoms with Gasteiger partial charge in [-0.05, 0) is 36.8 Å². The van der Waals surface area contributed by atoms with E-state index in [9.17, 15) is 14.4 Å². The van der Waals surface area contributed by atoms with E-state index in [-0.39, 0.29) is 26.8 Å². The molecule has 1 amide bonds. The average Bonchev–Trinajstić information content (AvgIpc) is 3.40. The summed E-state index contributed by atoms with van der Waals surface area (Å²) in [5.41, 5.74) is 1.28. The third kappa shape index (κ3) is 3.70. The van der Waals surface area contributed by atoms with Crippen molar-refractivity contribution in [2.45, 2.75) is 13.0 Å². The minimum absolute atomic E-state index is 0.0522. The topological polar surface area (TPSA) is 98.9 Å². The molecule has 1 atom stereocenters. The summed E-state index contributed by atoms with van der Waals surface area (Å²) in [6.07, 6.45) is 1.63. The molecule has 0 saturated carbocycles. The molecule has 35 heavy (non-hydrogen) atoms. The molecule has 0 unspecified atom stereocenters. The Labute approximate surface area is 204 Å². The SMILES string of the molecule is C=CCOc1cccc([C@H]2c3c(oc4ccccc4c3=O)C(=O)N2c2nc(C)c(C(=O)OC)s2)c1. The minimum Gasteiger partial charge on any atom is -0.490 e. The van der Waals surface area contributed by atoms with Gasteiger partial charge in [0.15, 0.2) is 10.6 Å². The normalized spacial score (nSPS) is 14.7. The first-order valence-electron chi connectivity index (χ1n) is 10.7. The van der Waals surface area contributed by atoms with Crippen molar-refractivity contribution < 1.29 is 23.5 Å². The molecule has 8 nitrogen and oxygen atoms in total. The fourth-order valence-electron chi connectivity index (χ4n) is 4.13. The van der Waals surface area contributed by atoms with Gasteiger partial charge in [-0.2, -0.15) is 0 Å². The number of thiazole rings is 1. The van der Waals surface area contributed by atoms with Crippen LogP contribution in [0.25, 0.3) is 11.0 Å². The van der Waals surface area contributed by atoms with Crippen LogP contribution in [0.2, 0.25) is 0 Å². The minimum atomic E-state index is -0.832. The van der Waals surface area contributed by atoms with Crippen molar-refractivity contribution in [2.24, 2.45) is 0 Å². The second kappa shape index (κ2) is 8.84. The third-order valence-electron chi connectivity index (χ3n) is 5.68. The number of methoxy groups -OCH3 is 1. The van der Waals surface area contributed by atoms with Gasteiger partial charge in [0.25, 0.3) is 5.91 Å². The van der Waals surface area contributed by atoms with E-state index in [2.05, 4.69) is 11.6 Å². The summed E-state index contributed by atoms with van der Waals surface area (Å²) in [4.78, 5) is 45.7. The first-order valence-corrected chi connectivity index (χ1v) is 11.5. The molecular weight excluding hydrogens is 468 g/mol. The summed E-state index contributed by atoms with van der Waals surface area (Å²) < 4.78 is 16.5. The number of para-hydroxylation sites is 1. The predicted molar refractivity (Wildman–Crippen MR) is 131 cm³/mol. The van der Waals surface area contributed by atoms with Crippen molar-refractivity contribution in [1.29, 1.82) is 0 Å². The summed E-state index contributed by atoms with van der Waals surface area (Å²) in [5, 5.41) is 0.626. The van der Waals surface area contributed by atoms with Crippen LogP contribution in [0.5, 0.6) is 5.75 Å². The fourth-order valence-corrected chi connectivity index (χ4v) is 5.14. The van der Waals surface area contributed by atoms with Gasteiger partial charge in [-0.15, -0.1) is 0 Å². The zero-order chi connectivity index (χ0) is 24.7. The first-order chi connectivity index (χ1) is 16.9. The number of amides is 1. The number of nitrogens with zero attached hydrogens (tertiary/aromatic N) is 2. The third-order valence-corrected chi connectivity index (χ3v) is 6.82. The van der Waals surface area contributed by atoms with Crippen LogP contribution < -0.4 is 15.1 Å². The molecule has 0 aliphatic carbocycles. The lowest BCUT2D eigenvalue weighted by atomic mass is 9.98. The molecule has 9 heteroatoms. The molecule has 0 fully saturated rings. The highest BCUT2D eigenvalue weighted by Gasteiger charge is 2.45. The largest absolute Gasteiger partial charge is 0.490 e. The number of aryl methyl sites for hydroxylation is 1. The van der Waals surface area contributed by atoms with Gasteiger partial charge in [0.1, 0.15) is 22.8 Å². The standard InChI is InChI=1S/C26H20N2O6S/c1-4-12-33-16-9-7-8-15(13-16)20-19-21(29)17-10-5-6-11-18(17)34-22(19)24(30)28(20)26-27-14(2)23(35-26)25(31)32-3/h4-11,13,20H,1,12H2,2-3H3/t20-/m0/s1. The van der Waals surface area contributed by atoms with Gasteiger partial charge in [-0.25, -0.2) is 9.78 Å². The number of esters is 1. The van der Waals surface area contributed by atoms with E-state index >= 15 is 0 Å². The Morgan fingerprint density at radius 3 is 2.80 bits per heavy atom. The predicted octanol–water partition coefficient (Wildman–Crippen LogP) is 4.66. The first kappa shape index (κ1) is 22.5. The number of hydrogen-bond acceptors (Lipinski definition) is 8. The number of benzene rings is 2. The molecule has 0 saturated heterocycles. The molecule has 3 heterocycles. The zero-order valence-corrected chi connectivity index (χ0v) is 19.8. The Hall–Kier alpha value is -4.24. The van der Waals surface area contributed by atoms with Crippen LogP contribution in [0, 0.1) is 6.92 Å². The lowest BCUT2D eigenvalue weighted by Crippen LogP contribution is -2.29. The molecule has 0 bridgehead atoms. The molecular formula is C26H20N2O6S. The van der Waals surface area contributed by atoms with Crippen molar-refractivity contribution in [3.63, 3.8) is 0 Å². The Bertz CT molecular complexity index is 1550. The Morgan fingerprint density at radius 1 is 1.23 bits per heavy atom. The van der Waals surface area contributed by atoms with Gasteiger partial charge >= 0.3 is 5.97 Å². The molecule has 4 aromatic rings. The molecule has 176 valence electrons. The van der Waals surface area contributed by atoms with Gasteiger partial charge in [0.2, 0.25) is 5.76 Å². The summed E-state index contributed by atoms with van der Waals surface area (Å²) in [5.74, 6) is -0.565. The maximum atomic E-state index is 13.7. The smallest absolute Gasteiger partial charge is 0.350 e. The van der Waals surface area contributed by atoms with Gasteiger partial charge in [-0.3, -0.25) is 14.5 Å². The number of hydrogen-bond donors (Lipinski definition) is 0. The molecule has 1 aliphatic heterocycles. The number of ether oxygens (including phenoxy) is 2. The van der Waals surface area contributed by atoms with Crippen LogP contribution in [-0.2, 0) is 4.74 Å². The van der Waals surface area contributed by atoms with Crippen molar-refractivity contribution >= 4 is 39.3 Å². The molecule has 0 radical (unpaired) electrons. The van der Waals surface area contributed by atoms with E-state index < -0.39 is 17.9 Å². The van der Waals surface area contributed by atoms with Crippen molar-refractivity contribution in [2.75, 3.05) is 18.6 Å².